The average molecular weight is 276 g/mol. The summed E-state index contributed by atoms with van der Waals surface area (Å²) in [5.74, 6) is 0.0535. The van der Waals surface area contributed by atoms with Crippen LogP contribution in [0.4, 0.5) is 0 Å². The van der Waals surface area contributed by atoms with E-state index in [1.165, 1.54) is 6.07 Å². The number of carbonyl (C=O) groups excluding carboxylic acids is 2. The highest BCUT2D eigenvalue weighted by atomic mass is 16.3. The van der Waals surface area contributed by atoms with Crippen LogP contribution in [0, 0.1) is 6.92 Å². The minimum Gasteiger partial charge on any atom is -0.508 e. The minimum absolute atomic E-state index is 0.102. The first-order valence-electron chi connectivity index (χ1n) is 6.93. The summed E-state index contributed by atoms with van der Waals surface area (Å²) in [6, 6.07) is 4.70. The third-order valence-corrected chi connectivity index (χ3v) is 3.54. The molecule has 0 aliphatic carbocycles. The second-order valence-corrected chi connectivity index (χ2v) is 5.10. The van der Waals surface area contributed by atoms with Crippen molar-refractivity contribution >= 4 is 11.8 Å². The number of nitrogens with zero attached hydrogens (tertiary/aromatic N) is 1. The molecule has 1 aromatic rings. The van der Waals surface area contributed by atoms with Crippen molar-refractivity contribution in [3.8, 4) is 5.75 Å². The van der Waals surface area contributed by atoms with Crippen molar-refractivity contribution in [2.24, 2.45) is 0 Å². The predicted octanol–water partition coefficient (Wildman–Crippen LogP) is 1.44. The number of carbonyl (C=O) groups is 2. The van der Waals surface area contributed by atoms with Crippen LogP contribution in [-0.2, 0) is 4.79 Å². The van der Waals surface area contributed by atoms with Gasteiger partial charge in [0.2, 0.25) is 5.91 Å². The molecule has 0 bridgehead atoms. The Bertz CT molecular complexity index is 508. The van der Waals surface area contributed by atoms with Gasteiger partial charge in [-0.2, -0.15) is 0 Å². The molecule has 0 spiro atoms. The molecule has 0 saturated carbocycles. The van der Waals surface area contributed by atoms with Gasteiger partial charge in [-0.3, -0.25) is 9.59 Å². The van der Waals surface area contributed by atoms with Crippen molar-refractivity contribution in [1.29, 1.82) is 0 Å². The van der Waals surface area contributed by atoms with Gasteiger partial charge in [0.05, 0.1) is 0 Å². The van der Waals surface area contributed by atoms with Crippen LogP contribution in [-0.4, -0.2) is 41.5 Å². The standard InChI is InChI=1S/C15H20N2O3/c1-11-10-12(4-5-13(11)18)15(20)16-7-6-14(19)17-8-2-3-9-17/h4-5,10,18H,2-3,6-9H2,1H3,(H,16,20). The van der Waals surface area contributed by atoms with Gasteiger partial charge >= 0.3 is 0 Å². The molecule has 0 atom stereocenters. The number of benzene rings is 1. The number of phenolic OH excluding ortho intramolecular Hbond substituents is 1. The summed E-state index contributed by atoms with van der Waals surface area (Å²) >= 11 is 0. The highest BCUT2D eigenvalue weighted by Gasteiger charge is 2.17. The number of hydrogen-bond donors (Lipinski definition) is 2. The minimum atomic E-state index is -0.220. The summed E-state index contributed by atoms with van der Waals surface area (Å²) in [7, 11) is 0. The molecule has 108 valence electrons. The normalized spacial score (nSPS) is 14.3. The van der Waals surface area contributed by atoms with Gasteiger partial charge in [-0.1, -0.05) is 0 Å². The molecule has 0 aromatic heterocycles. The van der Waals surface area contributed by atoms with E-state index in [1.54, 1.807) is 19.1 Å². The van der Waals surface area contributed by atoms with Crippen molar-refractivity contribution < 1.29 is 14.7 Å². The Kier molecular flexibility index (Phi) is 4.61. The highest BCUT2D eigenvalue weighted by molar-refractivity contribution is 5.94. The lowest BCUT2D eigenvalue weighted by molar-refractivity contribution is -0.129. The summed E-state index contributed by atoms with van der Waals surface area (Å²) in [5, 5.41) is 12.1. The van der Waals surface area contributed by atoms with Crippen LogP contribution in [0.1, 0.15) is 35.2 Å². The fourth-order valence-corrected chi connectivity index (χ4v) is 2.31. The number of nitrogens with one attached hydrogen (secondary N) is 1. The van der Waals surface area contributed by atoms with E-state index in [1.807, 2.05) is 4.90 Å². The van der Waals surface area contributed by atoms with Crippen molar-refractivity contribution in [1.82, 2.24) is 10.2 Å². The van der Waals surface area contributed by atoms with Crippen LogP contribution in [0.25, 0.3) is 0 Å². The Morgan fingerprint density at radius 1 is 1.30 bits per heavy atom. The first-order valence-corrected chi connectivity index (χ1v) is 6.93. The maximum atomic E-state index is 11.9. The Hall–Kier alpha value is -2.04. The monoisotopic (exact) mass is 276 g/mol. The fourth-order valence-electron chi connectivity index (χ4n) is 2.31. The largest absolute Gasteiger partial charge is 0.508 e. The molecule has 20 heavy (non-hydrogen) atoms. The zero-order valence-electron chi connectivity index (χ0n) is 11.7. The smallest absolute Gasteiger partial charge is 0.251 e. The van der Waals surface area contributed by atoms with Gasteiger partial charge in [0, 0.05) is 31.6 Å². The van der Waals surface area contributed by atoms with Gasteiger partial charge < -0.3 is 15.3 Å². The summed E-state index contributed by atoms with van der Waals surface area (Å²) in [6.07, 6.45) is 2.48. The van der Waals surface area contributed by atoms with Gasteiger partial charge in [-0.15, -0.1) is 0 Å². The van der Waals surface area contributed by atoms with Crippen molar-refractivity contribution in [3.05, 3.63) is 29.3 Å². The molecule has 0 radical (unpaired) electrons. The van der Waals surface area contributed by atoms with E-state index in [2.05, 4.69) is 5.32 Å². The summed E-state index contributed by atoms with van der Waals surface area (Å²) < 4.78 is 0. The molecular weight excluding hydrogens is 256 g/mol. The Labute approximate surface area is 118 Å². The van der Waals surface area contributed by atoms with Crippen LogP contribution in [0.3, 0.4) is 0 Å². The third kappa shape index (κ3) is 3.50. The van der Waals surface area contributed by atoms with Crippen LogP contribution in [0.5, 0.6) is 5.75 Å². The second kappa shape index (κ2) is 6.41. The number of hydrogen-bond acceptors (Lipinski definition) is 3. The maximum absolute atomic E-state index is 11.9. The van der Waals surface area contributed by atoms with Crippen LogP contribution in [0.2, 0.25) is 0 Å². The molecule has 1 aromatic carbocycles. The molecule has 5 nitrogen and oxygen atoms in total. The van der Waals surface area contributed by atoms with Gasteiger partial charge in [0.25, 0.3) is 5.91 Å². The topological polar surface area (TPSA) is 69.6 Å². The molecule has 2 amide bonds. The predicted molar refractivity (Wildman–Crippen MR) is 75.6 cm³/mol. The van der Waals surface area contributed by atoms with Gasteiger partial charge in [0.1, 0.15) is 5.75 Å². The van der Waals surface area contributed by atoms with Gasteiger partial charge in [-0.05, 0) is 43.5 Å². The quantitative estimate of drug-likeness (QED) is 0.874. The zero-order valence-corrected chi connectivity index (χ0v) is 11.7. The molecule has 2 rings (SSSR count). The van der Waals surface area contributed by atoms with Gasteiger partial charge in [0.15, 0.2) is 0 Å². The van der Waals surface area contributed by atoms with Crippen molar-refractivity contribution in [2.45, 2.75) is 26.2 Å². The molecule has 1 aliphatic rings. The summed E-state index contributed by atoms with van der Waals surface area (Å²) in [6.45, 7) is 3.75. The molecule has 5 heteroatoms. The molecule has 2 N–H and O–H groups in total. The van der Waals surface area contributed by atoms with E-state index < -0.39 is 0 Å². The first-order chi connectivity index (χ1) is 9.58. The van der Waals surface area contributed by atoms with E-state index in [0.717, 1.165) is 25.9 Å². The summed E-state index contributed by atoms with van der Waals surface area (Å²) in [4.78, 5) is 25.5. The highest BCUT2D eigenvalue weighted by Crippen LogP contribution is 2.16. The van der Waals surface area contributed by atoms with E-state index >= 15 is 0 Å². The molecule has 1 saturated heterocycles. The van der Waals surface area contributed by atoms with Gasteiger partial charge in [-0.25, -0.2) is 0 Å². The van der Waals surface area contributed by atoms with Crippen LogP contribution >= 0.6 is 0 Å². The molecular formula is C15H20N2O3. The lowest BCUT2D eigenvalue weighted by Gasteiger charge is -2.15. The second-order valence-electron chi connectivity index (χ2n) is 5.10. The van der Waals surface area contributed by atoms with Crippen LogP contribution < -0.4 is 5.32 Å². The number of aryl methyl sites for hydroxylation is 1. The van der Waals surface area contributed by atoms with E-state index in [0.29, 0.717) is 24.1 Å². The lowest BCUT2D eigenvalue weighted by atomic mass is 10.1. The SMILES string of the molecule is Cc1cc(C(=O)NCCC(=O)N2CCCC2)ccc1O. The van der Waals surface area contributed by atoms with Crippen LogP contribution in [0.15, 0.2) is 18.2 Å². The first kappa shape index (κ1) is 14.4. The number of aromatic hydroxyl groups is 1. The Morgan fingerprint density at radius 3 is 2.65 bits per heavy atom. The Morgan fingerprint density at radius 2 is 2.00 bits per heavy atom. The van der Waals surface area contributed by atoms with E-state index in [9.17, 15) is 14.7 Å². The average Bonchev–Trinajstić information content (AvgIpc) is 2.95. The fraction of sp³-hybridized carbons (Fsp3) is 0.467. The molecule has 1 fully saturated rings. The molecule has 0 unspecified atom stereocenters. The van der Waals surface area contributed by atoms with E-state index in [4.69, 9.17) is 0 Å². The number of rotatable bonds is 4. The van der Waals surface area contributed by atoms with E-state index in [-0.39, 0.29) is 17.6 Å². The van der Waals surface area contributed by atoms with Crippen molar-refractivity contribution in [3.63, 3.8) is 0 Å². The van der Waals surface area contributed by atoms with Crippen molar-refractivity contribution in [2.75, 3.05) is 19.6 Å². The lowest BCUT2D eigenvalue weighted by Crippen LogP contribution is -2.32. The zero-order chi connectivity index (χ0) is 14.5. The maximum Gasteiger partial charge on any atom is 0.251 e. The number of likely N-dealkylation sites (tertiary alicyclic amines) is 1. The third-order valence-electron chi connectivity index (χ3n) is 3.54. The Balaban J connectivity index is 1.79. The number of phenols is 1. The molecule has 1 heterocycles. The number of amides is 2. The summed E-state index contributed by atoms with van der Waals surface area (Å²) in [5.41, 5.74) is 1.15. The molecule has 1 aliphatic heterocycles.